The Morgan fingerprint density at radius 1 is 1.21 bits per heavy atom. The van der Waals surface area contributed by atoms with Crippen molar-refractivity contribution < 1.29 is 9.02 Å². The predicted octanol–water partition coefficient (Wildman–Crippen LogP) is 2.24. The van der Waals surface area contributed by atoms with E-state index in [1.54, 1.807) is 12.1 Å². The van der Waals surface area contributed by atoms with Gasteiger partial charge in [0.25, 0.3) is 0 Å². The van der Waals surface area contributed by atoms with Crippen molar-refractivity contribution in [1.29, 1.82) is 0 Å². The first-order chi connectivity index (χ1) is 9.15. The second kappa shape index (κ2) is 4.31. The molecule has 0 amide bonds. The molecule has 0 bridgehead atoms. The van der Waals surface area contributed by atoms with E-state index >= 15 is 0 Å². The van der Waals surface area contributed by atoms with Crippen LogP contribution in [0.3, 0.4) is 0 Å². The normalized spacial score (nSPS) is 11.1. The lowest BCUT2D eigenvalue weighted by Gasteiger charge is -2.08. The highest BCUT2D eigenvalue weighted by Crippen LogP contribution is 2.25. The average molecular weight is 258 g/mol. The van der Waals surface area contributed by atoms with Crippen LogP contribution in [0.1, 0.15) is 16.8 Å². The van der Waals surface area contributed by atoms with Crippen molar-refractivity contribution in [1.82, 2.24) is 15.3 Å². The molecular weight excluding hydrogens is 247 g/mol. The molecule has 2 heterocycles. The van der Waals surface area contributed by atoms with Gasteiger partial charge in [0, 0.05) is 17.7 Å². The minimum Gasteiger partial charge on any atom is -0.396 e. The van der Waals surface area contributed by atoms with E-state index < -0.39 is 0 Å². The molecule has 2 aromatic heterocycles. The molecule has 2 N–H and O–H groups in total. The molecule has 0 saturated heterocycles. The molecule has 1 aromatic carbocycles. The maximum absolute atomic E-state index is 12.9. The van der Waals surface area contributed by atoms with Crippen molar-refractivity contribution in [2.45, 2.75) is 13.3 Å². The molecule has 0 unspecified atom stereocenters. The standard InChI is InChI=1S/C13H11FN4O/c1-7-10(6-8-2-4-9(14)5-3-8)11(15)12-13(16-7)18-19-17-12/h2-5H,6,15H2,1H3. The molecule has 96 valence electrons. The zero-order valence-electron chi connectivity index (χ0n) is 10.2. The first-order valence-corrected chi connectivity index (χ1v) is 5.77. The Balaban J connectivity index is 2.06. The summed E-state index contributed by atoms with van der Waals surface area (Å²) in [6, 6.07) is 6.29. The van der Waals surface area contributed by atoms with E-state index in [4.69, 9.17) is 5.73 Å². The van der Waals surface area contributed by atoms with Crippen LogP contribution < -0.4 is 5.73 Å². The predicted molar refractivity (Wildman–Crippen MR) is 68.0 cm³/mol. The van der Waals surface area contributed by atoms with E-state index in [1.165, 1.54) is 12.1 Å². The van der Waals surface area contributed by atoms with E-state index in [-0.39, 0.29) is 5.82 Å². The highest BCUT2D eigenvalue weighted by Gasteiger charge is 2.14. The van der Waals surface area contributed by atoms with Gasteiger partial charge < -0.3 is 5.73 Å². The van der Waals surface area contributed by atoms with Gasteiger partial charge in [-0.15, -0.1) is 0 Å². The van der Waals surface area contributed by atoms with Gasteiger partial charge in [-0.2, -0.15) is 0 Å². The largest absolute Gasteiger partial charge is 0.396 e. The molecule has 0 aliphatic carbocycles. The molecule has 3 rings (SSSR count). The van der Waals surface area contributed by atoms with E-state index in [9.17, 15) is 4.39 Å². The fraction of sp³-hybridized carbons (Fsp3) is 0.154. The Morgan fingerprint density at radius 2 is 1.95 bits per heavy atom. The Hall–Kier alpha value is -2.50. The van der Waals surface area contributed by atoms with Crippen LogP contribution in [0.4, 0.5) is 10.1 Å². The summed E-state index contributed by atoms with van der Waals surface area (Å²) in [6.45, 7) is 1.85. The zero-order chi connectivity index (χ0) is 13.4. The van der Waals surface area contributed by atoms with Crippen LogP contribution in [-0.2, 0) is 6.42 Å². The van der Waals surface area contributed by atoms with Gasteiger partial charge in [-0.3, -0.25) is 0 Å². The number of fused-ring (bicyclic) bond motifs is 1. The molecule has 0 radical (unpaired) electrons. The Kier molecular flexibility index (Phi) is 2.63. The van der Waals surface area contributed by atoms with Gasteiger partial charge in [-0.1, -0.05) is 12.1 Å². The number of hydrogen-bond donors (Lipinski definition) is 1. The van der Waals surface area contributed by atoms with Gasteiger partial charge in [-0.25, -0.2) is 14.0 Å². The number of anilines is 1. The van der Waals surface area contributed by atoms with Crippen LogP contribution in [0.25, 0.3) is 11.2 Å². The number of halogens is 1. The Morgan fingerprint density at radius 3 is 2.68 bits per heavy atom. The van der Waals surface area contributed by atoms with E-state index in [2.05, 4.69) is 19.9 Å². The fourth-order valence-electron chi connectivity index (χ4n) is 2.02. The molecule has 5 nitrogen and oxygen atoms in total. The van der Waals surface area contributed by atoms with Crippen molar-refractivity contribution in [3.63, 3.8) is 0 Å². The van der Waals surface area contributed by atoms with E-state index in [0.717, 1.165) is 16.8 Å². The third-order valence-corrected chi connectivity index (χ3v) is 3.06. The van der Waals surface area contributed by atoms with Crippen LogP contribution >= 0.6 is 0 Å². The van der Waals surface area contributed by atoms with Crippen LogP contribution in [0.2, 0.25) is 0 Å². The van der Waals surface area contributed by atoms with Crippen molar-refractivity contribution in [3.05, 3.63) is 46.9 Å². The molecule has 6 heteroatoms. The van der Waals surface area contributed by atoms with Crippen LogP contribution in [0, 0.1) is 12.7 Å². The number of rotatable bonds is 2. The number of nitrogens with zero attached hydrogens (tertiary/aromatic N) is 3. The third kappa shape index (κ3) is 2.01. The third-order valence-electron chi connectivity index (χ3n) is 3.06. The van der Waals surface area contributed by atoms with Gasteiger partial charge in [0.15, 0.2) is 5.52 Å². The first-order valence-electron chi connectivity index (χ1n) is 5.77. The number of hydrogen-bond acceptors (Lipinski definition) is 5. The molecule has 0 fully saturated rings. The Bertz CT molecular complexity index is 736. The van der Waals surface area contributed by atoms with Crippen LogP contribution in [0.15, 0.2) is 28.9 Å². The molecule has 19 heavy (non-hydrogen) atoms. The molecular formula is C13H11FN4O. The van der Waals surface area contributed by atoms with Crippen molar-refractivity contribution in [2.75, 3.05) is 5.73 Å². The quantitative estimate of drug-likeness (QED) is 0.762. The number of nitrogen functional groups attached to an aromatic ring is 1. The molecule has 0 aliphatic rings. The number of benzene rings is 1. The maximum Gasteiger partial charge on any atom is 0.226 e. The van der Waals surface area contributed by atoms with E-state index in [1.807, 2.05) is 6.92 Å². The summed E-state index contributed by atoms with van der Waals surface area (Å²) in [7, 11) is 0. The van der Waals surface area contributed by atoms with Gasteiger partial charge in [0.2, 0.25) is 5.65 Å². The second-order valence-corrected chi connectivity index (χ2v) is 4.33. The summed E-state index contributed by atoms with van der Waals surface area (Å²) in [5, 5.41) is 7.42. The highest BCUT2D eigenvalue weighted by atomic mass is 19.1. The van der Waals surface area contributed by atoms with Crippen molar-refractivity contribution in [2.24, 2.45) is 0 Å². The summed E-state index contributed by atoms with van der Waals surface area (Å²) in [5.74, 6) is -0.261. The summed E-state index contributed by atoms with van der Waals surface area (Å²) in [5.41, 5.74) is 10.0. The summed E-state index contributed by atoms with van der Waals surface area (Å²) in [6.07, 6.45) is 0.563. The maximum atomic E-state index is 12.9. The van der Waals surface area contributed by atoms with Gasteiger partial charge >= 0.3 is 0 Å². The highest BCUT2D eigenvalue weighted by molar-refractivity contribution is 5.85. The van der Waals surface area contributed by atoms with Gasteiger partial charge in [0.05, 0.1) is 5.69 Å². The molecule has 0 spiro atoms. The summed E-state index contributed by atoms with van der Waals surface area (Å²) in [4.78, 5) is 4.29. The minimum absolute atomic E-state index is 0.261. The fourth-order valence-corrected chi connectivity index (χ4v) is 2.02. The zero-order valence-corrected chi connectivity index (χ0v) is 10.2. The van der Waals surface area contributed by atoms with Gasteiger partial charge in [-0.05, 0) is 34.9 Å². The van der Waals surface area contributed by atoms with Crippen molar-refractivity contribution >= 4 is 16.9 Å². The number of nitrogens with two attached hydrogens (primary N) is 1. The molecule has 0 aliphatic heterocycles. The van der Waals surface area contributed by atoms with Gasteiger partial charge in [0.1, 0.15) is 5.82 Å². The number of aromatic nitrogens is 3. The minimum atomic E-state index is -0.261. The summed E-state index contributed by atoms with van der Waals surface area (Å²) >= 11 is 0. The number of pyridine rings is 1. The molecule has 3 aromatic rings. The van der Waals surface area contributed by atoms with Crippen LogP contribution in [-0.4, -0.2) is 15.3 Å². The summed E-state index contributed by atoms with van der Waals surface area (Å²) < 4.78 is 17.5. The Labute approximate surface area is 108 Å². The van der Waals surface area contributed by atoms with Crippen LogP contribution in [0.5, 0.6) is 0 Å². The topological polar surface area (TPSA) is 77.8 Å². The SMILES string of the molecule is Cc1nc2nonc2c(N)c1Cc1ccc(F)cc1. The second-order valence-electron chi connectivity index (χ2n) is 4.33. The number of aryl methyl sites for hydroxylation is 1. The average Bonchev–Trinajstić information content (AvgIpc) is 2.85. The van der Waals surface area contributed by atoms with Crippen molar-refractivity contribution in [3.8, 4) is 0 Å². The molecule has 0 atom stereocenters. The first kappa shape index (κ1) is 11.6. The lowest BCUT2D eigenvalue weighted by atomic mass is 10.0. The van der Waals surface area contributed by atoms with E-state index in [0.29, 0.717) is 23.3 Å². The smallest absolute Gasteiger partial charge is 0.226 e. The lowest BCUT2D eigenvalue weighted by molar-refractivity contribution is 0.315. The monoisotopic (exact) mass is 258 g/mol. The molecule has 0 saturated carbocycles. The lowest BCUT2D eigenvalue weighted by Crippen LogP contribution is -2.02.